The van der Waals surface area contributed by atoms with E-state index in [1.165, 1.54) is 6.07 Å². The molecule has 1 unspecified atom stereocenters. The van der Waals surface area contributed by atoms with Gasteiger partial charge < -0.3 is 9.73 Å². The third kappa shape index (κ3) is 2.88. The van der Waals surface area contributed by atoms with Gasteiger partial charge in [0, 0.05) is 4.47 Å². The van der Waals surface area contributed by atoms with Crippen LogP contribution in [-0.4, -0.2) is 0 Å². The molecule has 0 radical (unpaired) electrons. The van der Waals surface area contributed by atoms with Crippen molar-refractivity contribution in [2.45, 2.75) is 19.4 Å². The number of nitrogens with one attached hydrogen (secondary N) is 1. The predicted molar refractivity (Wildman–Crippen MR) is 69.5 cm³/mol. The van der Waals surface area contributed by atoms with Crippen molar-refractivity contribution in [3.05, 3.63) is 52.6 Å². The fraction of sp³-hybridized carbons (Fsp3) is 0.231. The lowest BCUT2D eigenvalue weighted by atomic mass is 10.1. The number of hydrogen-bond acceptors (Lipinski definition) is 2. The molecule has 1 N–H and O–H groups in total. The molecule has 1 atom stereocenters. The lowest BCUT2D eigenvalue weighted by Gasteiger charge is -2.16. The minimum absolute atomic E-state index is 0.0133. The average molecular weight is 298 g/mol. The van der Waals surface area contributed by atoms with Crippen molar-refractivity contribution < 1.29 is 8.81 Å². The smallest absolute Gasteiger partial charge is 0.147 e. The Morgan fingerprint density at radius 1 is 1.41 bits per heavy atom. The highest BCUT2D eigenvalue weighted by atomic mass is 79.9. The van der Waals surface area contributed by atoms with Crippen molar-refractivity contribution in [3.8, 4) is 0 Å². The molecule has 0 fully saturated rings. The van der Waals surface area contributed by atoms with Gasteiger partial charge in [-0.1, -0.05) is 22.9 Å². The van der Waals surface area contributed by atoms with E-state index in [2.05, 4.69) is 21.2 Å². The van der Waals surface area contributed by atoms with Gasteiger partial charge in [-0.05, 0) is 36.8 Å². The Labute approximate surface area is 108 Å². The largest absolute Gasteiger partial charge is 0.467 e. The summed E-state index contributed by atoms with van der Waals surface area (Å²) in [4.78, 5) is 0. The molecule has 0 aliphatic rings. The normalized spacial score (nSPS) is 12.4. The zero-order valence-electron chi connectivity index (χ0n) is 9.41. The van der Waals surface area contributed by atoms with E-state index in [9.17, 15) is 4.39 Å². The molecule has 0 aliphatic carbocycles. The third-order valence-electron chi connectivity index (χ3n) is 2.56. The first kappa shape index (κ1) is 12.2. The molecule has 90 valence electrons. The van der Waals surface area contributed by atoms with E-state index in [1.807, 2.05) is 19.1 Å². The summed E-state index contributed by atoms with van der Waals surface area (Å²) in [5.41, 5.74) is 0.483. The molecule has 0 aliphatic heterocycles. The van der Waals surface area contributed by atoms with Crippen molar-refractivity contribution in [1.29, 1.82) is 0 Å². The highest BCUT2D eigenvalue weighted by Gasteiger charge is 2.13. The summed E-state index contributed by atoms with van der Waals surface area (Å²) in [7, 11) is 0. The van der Waals surface area contributed by atoms with Crippen LogP contribution < -0.4 is 5.32 Å². The highest BCUT2D eigenvalue weighted by molar-refractivity contribution is 9.10. The first-order chi connectivity index (χ1) is 8.20. The van der Waals surface area contributed by atoms with Crippen molar-refractivity contribution >= 4 is 21.6 Å². The Morgan fingerprint density at radius 3 is 2.82 bits per heavy atom. The summed E-state index contributed by atoms with van der Waals surface area (Å²) < 4.78 is 19.7. The number of benzene rings is 1. The molecule has 2 aromatic rings. The zero-order chi connectivity index (χ0) is 12.3. The Balaban J connectivity index is 2.19. The quantitative estimate of drug-likeness (QED) is 0.881. The Kier molecular flexibility index (Phi) is 3.84. The molecule has 1 heterocycles. The van der Waals surface area contributed by atoms with Gasteiger partial charge in [0.25, 0.3) is 0 Å². The van der Waals surface area contributed by atoms with E-state index in [-0.39, 0.29) is 11.9 Å². The number of hydrogen-bond donors (Lipinski definition) is 1. The van der Waals surface area contributed by atoms with E-state index >= 15 is 0 Å². The van der Waals surface area contributed by atoms with Gasteiger partial charge >= 0.3 is 0 Å². The van der Waals surface area contributed by atoms with Crippen molar-refractivity contribution in [3.63, 3.8) is 0 Å². The van der Waals surface area contributed by atoms with Crippen LogP contribution in [0.25, 0.3) is 0 Å². The summed E-state index contributed by atoms with van der Waals surface area (Å²) >= 11 is 3.23. The molecule has 2 nitrogen and oxygen atoms in total. The summed E-state index contributed by atoms with van der Waals surface area (Å²) in [5.74, 6) is 0.541. The Morgan fingerprint density at radius 2 is 2.24 bits per heavy atom. The molecular formula is C13H13BrFNO. The van der Waals surface area contributed by atoms with Crippen LogP contribution in [0.5, 0.6) is 0 Å². The lowest BCUT2D eigenvalue weighted by Crippen LogP contribution is -2.09. The fourth-order valence-electron chi connectivity index (χ4n) is 1.66. The van der Waals surface area contributed by atoms with Crippen molar-refractivity contribution in [2.24, 2.45) is 0 Å². The van der Waals surface area contributed by atoms with Crippen LogP contribution in [0.2, 0.25) is 0 Å². The van der Waals surface area contributed by atoms with E-state index in [0.717, 1.165) is 16.7 Å². The second kappa shape index (κ2) is 5.36. The zero-order valence-corrected chi connectivity index (χ0v) is 11.0. The van der Waals surface area contributed by atoms with Crippen molar-refractivity contribution in [1.82, 2.24) is 0 Å². The van der Waals surface area contributed by atoms with Crippen LogP contribution in [0, 0.1) is 5.82 Å². The van der Waals surface area contributed by atoms with Gasteiger partial charge in [0.2, 0.25) is 0 Å². The van der Waals surface area contributed by atoms with Crippen LogP contribution >= 0.6 is 15.9 Å². The van der Waals surface area contributed by atoms with Gasteiger partial charge in [0.15, 0.2) is 0 Å². The molecule has 0 amide bonds. The summed E-state index contributed by atoms with van der Waals surface area (Å²) in [6.45, 7) is 2.02. The van der Waals surface area contributed by atoms with Gasteiger partial charge in [-0.25, -0.2) is 4.39 Å². The maximum atomic E-state index is 13.7. The fourth-order valence-corrected chi connectivity index (χ4v) is 1.99. The molecule has 0 saturated carbocycles. The van der Waals surface area contributed by atoms with Crippen LogP contribution in [0.1, 0.15) is 25.1 Å². The van der Waals surface area contributed by atoms with Crippen LogP contribution in [0.3, 0.4) is 0 Å². The summed E-state index contributed by atoms with van der Waals surface area (Å²) in [6.07, 6.45) is 2.45. The molecule has 1 aromatic heterocycles. The molecule has 4 heteroatoms. The number of rotatable bonds is 4. The highest BCUT2D eigenvalue weighted by Crippen LogP contribution is 2.26. The minimum Gasteiger partial charge on any atom is -0.467 e. The maximum absolute atomic E-state index is 13.7. The molecule has 2 rings (SSSR count). The second-order valence-corrected chi connectivity index (χ2v) is 4.66. The van der Waals surface area contributed by atoms with Gasteiger partial charge in [-0.15, -0.1) is 0 Å². The van der Waals surface area contributed by atoms with E-state index in [1.54, 1.807) is 18.4 Å². The van der Waals surface area contributed by atoms with Crippen LogP contribution in [0.15, 0.2) is 45.5 Å². The van der Waals surface area contributed by atoms with Gasteiger partial charge in [0.1, 0.15) is 11.6 Å². The number of anilines is 1. The SMILES string of the molecule is CCC(Nc1ccc(Br)cc1F)c1ccco1. The monoisotopic (exact) mass is 297 g/mol. The lowest BCUT2D eigenvalue weighted by molar-refractivity contribution is 0.472. The Bertz CT molecular complexity index is 484. The standard InChI is InChI=1S/C13H13BrFNO/c1-2-11(13-4-3-7-17-13)16-12-6-5-9(14)8-10(12)15/h3-8,11,16H,2H2,1H3. The van der Waals surface area contributed by atoms with Gasteiger partial charge in [0.05, 0.1) is 18.0 Å². The summed E-state index contributed by atoms with van der Waals surface area (Å²) in [5, 5.41) is 3.14. The molecule has 17 heavy (non-hydrogen) atoms. The average Bonchev–Trinajstić information content (AvgIpc) is 2.81. The van der Waals surface area contributed by atoms with Crippen LogP contribution in [0.4, 0.5) is 10.1 Å². The topological polar surface area (TPSA) is 25.2 Å². The first-order valence-corrected chi connectivity index (χ1v) is 6.25. The molecule has 0 spiro atoms. The number of halogens is 2. The second-order valence-electron chi connectivity index (χ2n) is 3.74. The van der Waals surface area contributed by atoms with Crippen molar-refractivity contribution in [2.75, 3.05) is 5.32 Å². The summed E-state index contributed by atoms with van der Waals surface area (Å²) in [6, 6.07) is 8.67. The van der Waals surface area contributed by atoms with Gasteiger partial charge in [-0.2, -0.15) is 0 Å². The van der Waals surface area contributed by atoms with E-state index in [4.69, 9.17) is 4.42 Å². The van der Waals surface area contributed by atoms with E-state index in [0.29, 0.717) is 5.69 Å². The molecule has 0 saturated heterocycles. The maximum Gasteiger partial charge on any atom is 0.147 e. The third-order valence-corrected chi connectivity index (χ3v) is 3.05. The van der Waals surface area contributed by atoms with Gasteiger partial charge in [-0.3, -0.25) is 0 Å². The van der Waals surface area contributed by atoms with E-state index < -0.39 is 0 Å². The molecule has 1 aromatic carbocycles. The first-order valence-electron chi connectivity index (χ1n) is 5.45. The predicted octanol–water partition coefficient (Wildman–Crippen LogP) is 4.74. The Hall–Kier alpha value is -1.29. The molecule has 0 bridgehead atoms. The molecular weight excluding hydrogens is 285 g/mol. The van der Waals surface area contributed by atoms with Crippen LogP contribution in [-0.2, 0) is 0 Å². The minimum atomic E-state index is -0.274. The number of furan rings is 1.